The van der Waals surface area contributed by atoms with Crippen LogP contribution < -0.4 is 5.32 Å². The molecular weight excluding hydrogens is 418 g/mol. The SMILES string of the molecule is C=C1/C=C\C=C/COC/C=C\C=C(\C2N(C)C(c3ccccc3)NC(c3ccccc3)N2C)C1. The first-order valence-electron chi connectivity index (χ1n) is 11.9. The third-order valence-corrected chi connectivity index (χ3v) is 6.35. The average molecular weight is 454 g/mol. The maximum Gasteiger partial charge on any atom is 0.0887 e. The molecule has 1 fully saturated rings. The number of hydrogen-bond acceptors (Lipinski definition) is 4. The number of rotatable bonds is 3. The number of allylic oxidation sites excluding steroid dienone is 6. The highest BCUT2D eigenvalue weighted by molar-refractivity contribution is 5.32. The molecule has 2 aromatic carbocycles. The van der Waals surface area contributed by atoms with E-state index < -0.39 is 0 Å². The summed E-state index contributed by atoms with van der Waals surface area (Å²) >= 11 is 0. The molecule has 0 saturated carbocycles. The molecule has 34 heavy (non-hydrogen) atoms. The molecule has 0 aliphatic carbocycles. The van der Waals surface area contributed by atoms with Gasteiger partial charge >= 0.3 is 0 Å². The number of likely N-dealkylation sites (N-methyl/N-ethyl adjacent to an activating group) is 2. The van der Waals surface area contributed by atoms with E-state index in [1.807, 2.05) is 18.2 Å². The maximum absolute atomic E-state index is 5.66. The van der Waals surface area contributed by atoms with Gasteiger partial charge < -0.3 is 4.74 Å². The van der Waals surface area contributed by atoms with Crippen LogP contribution >= 0.6 is 0 Å². The van der Waals surface area contributed by atoms with Crippen LogP contribution in [0.15, 0.2) is 121 Å². The van der Waals surface area contributed by atoms with Crippen molar-refractivity contribution in [3.05, 3.63) is 132 Å². The highest BCUT2D eigenvalue weighted by Gasteiger charge is 2.39. The van der Waals surface area contributed by atoms with E-state index in [1.54, 1.807) is 0 Å². The quantitative estimate of drug-likeness (QED) is 0.641. The fourth-order valence-corrected chi connectivity index (χ4v) is 4.75. The Morgan fingerprint density at radius 1 is 0.794 bits per heavy atom. The molecule has 2 atom stereocenters. The summed E-state index contributed by atoms with van der Waals surface area (Å²) in [5.41, 5.74) is 4.88. The Hall–Kier alpha value is -3.02. The van der Waals surface area contributed by atoms with E-state index >= 15 is 0 Å². The molecule has 4 nitrogen and oxygen atoms in total. The number of ether oxygens (including phenoxy) is 1. The summed E-state index contributed by atoms with van der Waals surface area (Å²) < 4.78 is 5.66. The van der Waals surface area contributed by atoms with Crippen LogP contribution in [0.5, 0.6) is 0 Å². The van der Waals surface area contributed by atoms with Gasteiger partial charge in [0.1, 0.15) is 0 Å². The van der Waals surface area contributed by atoms with Crippen LogP contribution in [0.1, 0.15) is 29.9 Å². The molecule has 1 saturated heterocycles. The number of benzene rings is 2. The standard InChI is InChI=1S/C30H35N3O/c1-24-15-7-6-13-21-34-22-14-12-20-27(23-24)30-32(2)28(25-16-8-4-9-17-25)31-29(33(30)3)26-18-10-5-11-19-26/h4-20,28-31H,1,21-23H2,2-3H3/b13-6-,14-12-,15-7-,27-20+. The molecule has 2 aromatic rings. The van der Waals surface area contributed by atoms with E-state index in [4.69, 9.17) is 4.74 Å². The van der Waals surface area contributed by atoms with E-state index in [0.29, 0.717) is 13.2 Å². The Morgan fingerprint density at radius 3 is 1.94 bits per heavy atom. The van der Waals surface area contributed by atoms with Gasteiger partial charge in [0.05, 0.1) is 31.7 Å². The van der Waals surface area contributed by atoms with Gasteiger partial charge in [0.15, 0.2) is 0 Å². The molecule has 2 heterocycles. The smallest absolute Gasteiger partial charge is 0.0887 e. The number of hydrogen-bond donors (Lipinski definition) is 1. The molecule has 0 amide bonds. The van der Waals surface area contributed by atoms with Gasteiger partial charge in [-0.15, -0.1) is 0 Å². The van der Waals surface area contributed by atoms with Crippen molar-refractivity contribution >= 4 is 0 Å². The van der Waals surface area contributed by atoms with Crippen molar-refractivity contribution < 1.29 is 4.74 Å². The fourth-order valence-electron chi connectivity index (χ4n) is 4.75. The minimum atomic E-state index is 0.0668. The summed E-state index contributed by atoms with van der Waals surface area (Å²) in [4.78, 5) is 4.83. The second kappa shape index (κ2) is 11.9. The van der Waals surface area contributed by atoms with Crippen molar-refractivity contribution in [2.45, 2.75) is 24.9 Å². The molecule has 4 rings (SSSR count). The first-order valence-corrected chi connectivity index (χ1v) is 11.9. The molecule has 2 aliphatic rings. The first-order chi connectivity index (χ1) is 16.6. The van der Waals surface area contributed by atoms with Crippen LogP contribution in [0, 0.1) is 0 Å². The summed E-state index contributed by atoms with van der Waals surface area (Å²) in [6.07, 6.45) is 15.6. The van der Waals surface area contributed by atoms with Crippen LogP contribution in [0.4, 0.5) is 0 Å². The first kappa shape index (κ1) is 24.1. The van der Waals surface area contributed by atoms with Crippen LogP contribution in [-0.4, -0.2) is 43.3 Å². The largest absolute Gasteiger partial charge is 0.373 e. The molecule has 2 aliphatic heterocycles. The zero-order valence-electron chi connectivity index (χ0n) is 20.2. The van der Waals surface area contributed by atoms with Gasteiger partial charge in [0.25, 0.3) is 0 Å². The summed E-state index contributed by atoms with van der Waals surface area (Å²) in [5.74, 6) is 0. The van der Waals surface area contributed by atoms with Crippen LogP contribution in [0.2, 0.25) is 0 Å². The van der Waals surface area contributed by atoms with Crippen molar-refractivity contribution in [2.75, 3.05) is 27.3 Å². The van der Waals surface area contributed by atoms with Gasteiger partial charge in [-0.1, -0.05) is 115 Å². The summed E-state index contributed by atoms with van der Waals surface area (Å²) in [5, 5.41) is 3.88. The van der Waals surface area contributed by atoms with Crippen molar-refractivity contribution in [3.8, 4) is 0 Å². The van der Waals surface area contributed by atoms with Crippen molar-refractivity contribution in [1.29, 1.82) is 0 Å². The van der Waals surface area contributed by atoms with Crippen LogP contribution in [-0.2, 0) is 4.74 Å². The highest BCUT2D eigenvalue weighted by Crippen LogP contribution is 2.36. The highest BCUT2D eigenvalue weighted by atomic mass is 16.5. The molecule has 2 unspecified atom stereocenters. The van der Waals surface area contributed by atoms with Gasteiger partial charge in [-0.25, -0.2) is 0 Å². The fraction of sp³-hybridized carbons (Fsp3) is 0.267. The minimum Gasteiger partial charge on any atom is -0.373 e. The van der Waals surface area contributed by atoms with Crippen molar-refractivity contribution in [2.24, 2.45) is 0 Å². The lowest BCUT2D eigenvalue weighted by atomic mass is 9.97. The zero-order chi connectivity index (χ0) is 23.8. The van der Waals surface area contributed by atoms with Gasteiger partial charge in [-0.2, -0.15) is 0 Å². The second-order valence-electron chi connectivity index (χ2n) is 8.83. The predicted octanol–water partition coefficient (Wildman–Crippen LogP) is 5.75. The Morgan fingerprint density at radius 2 is 1.35 bits per heavy atom. The van der Waals surface area contributed by atoms with Gasteiger partial charge in [-0.3, -0.25) is 15.1 Å². The van der Waals surface area contributed by atoms with E-state index in [1.165, 1.54) is 16.7 Å². The minimum absolute atomic E-state index is 0.0668. The molecule has 176 valence electrons. The van der Waals surface area contributed by atoms with E-state index in [-0.39, 0.29) is 18.5 Å². The second-order valence-corrected chi connectivity index (χ2v) is 8.83. The Kier molecular flexibility index (Phi) is 8.45. The van der Waals surface area contributed by atoms with Crippen molar-refractivity contribution in [3.63, 3.8) is 0 Å². The van der Waals surface area contributed by atoms with E-state index in [2.05, 4.69) is 121 Å². The number of nitrogens with zero attached hydrogens (tertiary/aromatic N) is 2. The predicted molar refractivity (Wildman–Crippen MR) is 141 cm³/mol. The van der Waals surface area contributed by atoms with E-state index in [9.17, 15) is 0 Å². The number of nitrogens with one attached hydrogen (secondary N) is 1. The monoisotopic (exact) mass is 453 g/mol. The topological polar surface area (TPSA) is 27.7 Å². The maximum atomic E-state index is 5.66. The lowest BCUT2D eigenvalue weighted by molar-refractivity contribution is -0.0458. The van der Waals surface area contributed by atoms with Gasteiger partial charge in [0, 0.05) is 0 Å². The average Bonchev–Trinajstić information content (AvgIpc) is 2.88. The van der Waals surface area contributed by atoms with Gasteiger partial charge in [-0.05, 0) is 37.2 Å². The molecule has 0 aromatic heterocycles. The van der Waals surface area contributed by atoms with Crippen molar-refractivity contribution in [1.82, 2.24) is 15.1 Å². The van der Waals surface area contributed by atoms with Crippen LogP contribution in [0.3, 0.4) is 0 Å². The molecule has 4 heteroatoms. The van der Waals surface area contributed by atoms with E-state index in [0.717, 1.165) is 12.0 Å². The lowest BCUT2D eigenvalue weighted by Crippen LogP contribution is -2.60. The summed E-state index contributed by atoms with van der Waals surface area (Å²) in [7, 11) is 4.40. The molecule has 0 spiro atoms. The zero-order valence-corrected chi connectivity index (χ0v) is 20.2. The Balaban J connectivity index is 1.74. The summed E-state index contributed by atoms with van der Waals surface area (Å²) in [6.45, 7) is 5.54. The molecule has 0 radical (unpaired) electrons. The molecular formula is C30H35N3O. The summed E-state index contributed by atoms with van der Waals surface area (Å²) in [6, 6.07) is 21.4. The van der Waals surface area contributed by atoms with Gasteiger partial charge in [0.2, 0.25) is 0 Å². The third kappa shape index (κ3) is 5.91. The lowest BCUT2D eigenvalue weighted by Gasteiger charge is -2.51. The third-order valence-electron chi connectivity index (χ3n) is 6.35. The Labute approximate surface area is 204 Å². The molecule has 1 N–H and O–H groups in total. The van der Waals surface area contributed by atoms with Crippen LogP contribution in [0.25, 0.3) is 0 Å². The Bertz CT molecular complexity index is 1000. The normalized spacial score (nSPS) is 29.6. The molecule has 0 bridgehead atoms.